The Kier molecular flexibility index (Phi) is 5.60. The SMILES string of the molecule is CC(=O)c1ccc(OCCCN2CCC[C@@H](C)C2)cc1. The highest BCUT2D eigenvalue weighted by molar-refractivity contribution is 5.94. The third-order valence-electron chi connectivity index (χ3n) is 3.89. The molecule has 1 heterocycles. The average molecular weight is 275 g/mol. The standard InChI is InChI=1S/C17H25NO2/c1-14-5-3-10-18(13-14)11-4-12-20-17-8-6-16(7-9-17)15(2)19/h6-9,14H,3-5,10-13H2,1-2H3/t14-/m1/s1. The van der Waals surface area contributed by atoms with E-state index in [1.807, 2.05) is 24.3 Å². The zero-order valence-electron chi connectivity index (χ0n) is 12.6. The molecule has 1 saturated heterocycles. The second-order valence-corrected chi connectivity index (χ2v) is 5.83. The zero-order chi connectivity index (χ0) is 14.4. The summed E-state index contributed by atoms with van der Waals surface area (Å²) in [7, 11) is 0. The van der Waals surface area contributed by atoms with Crippen molar-refractivity contribution in [2.24, 2.45) is 5.92 Å². The van der Waals surface area contributed by atoms with E-state index in [0.29, 0.717) is 0 Å². The maximum atomic E-state index is 11.2. The lowest BCUT2D eigenvalue weighted by Gasteiger charge is -2.30. The lowest BCUT2D eigenvalue weighted by atomic mass is 10.0. The van der Waals surface area contributed by atoms with Crippen LogP contribution in [0.3, 0.4) is 0 Å². The predicted molar refractivity (Wildman–Crippen MR) is 81.4 cm³/mol. The van der Waals surface area contributed by atoms with E-state index in [-0.39, 0.29) is 5.78 Å². The number of ketones is 1. The molecule has 0 aliphatic carbocycles. The first-order valence-corrected chi connectivity index (χ1v) is 7.61. The second kappa shape index (κ2) is 7.44. The normalized spacial score (nSPS) is 19.8. The molecule has 3 heteroatoms. The molecule has 0 unspecified atom stereocenters. The summed E-state index contributed by atoms with van der Waals surface area (Å²) >= 11 is 0. The fraction of sp³-hybridized carbons (Fsp3) is 0.588. The summed E-state index contributed by atoms with van der Waals surface area (Å²) in [4.78, 5) is 13.7. The van der Waals surface area contributed by atoms with E-state index in [1.54, 1.807) is 6.92 Å². The van der Waals surface area contributed by atoms with Gasteiger partial charge in [-0.25, -0.2) is 0 Å². The molecule has 1 aromatic carbocycles. The van der Waals surface area contributed by atoms with Crippen molar-refractivity contribution in [2.75, 3.05) is 26.2 Å². The number of carbonyl (C=O) groups excluding carboxylic acids is 1. The highest BCUT2D eigenvalue weighted by Gasteiger charge is 2.15. The lowest BCUT2D eigenvalue weighted by Crippen LogP contribution is -2.35. The van der Waals surface area contributed by atoms with Crippen LogP contribution < -0.4 is 4.74 Å². The molecule has 3 nitrogen and oxygen atoms in total. The van der Waals surface area contributed by atoms with Gasteiger partial charge in [0.05, 0.1) is 6.61 Å². The van der Waals surface area contributed by atoms with Gasteiger partial charge in [-0.3, -0.25) is 4.79 Å². The molecule has 0 amide bonds. The molecule has 110 valence electrons. The molecule has 1 aliphatic rings. The number of Topliss-reactive ketones (excluding diaryl/α,β-unsaturated/α-hetero) is 1. The highest BCUT2D eigenvalue weighted by atomic mass is 16.5. The van der Waals surface area contributed by atoms with Gasteiger partial charge in [-0.1, -0.05) is 6.92 Å². The Balaban J connectivity index is 1.66. The highest BCUT2D eigenvalue weighted by Crippen LogP contribution is 2.16. The van der Waals surface area contributed by atoms with Crippen molar-refractivity contribution in [1.82, 2.24) is 4.90 Å². The summed E-state index contributed by atoms with van der Waals surface area (Å²) in [5.41, 5.74) is 0.736. The van der Waals surface area contributed by atoms with E-state index >= 15 is 0 Å². The second-order valence-electron chi connectivity index (χ2n) is 5.83. The van der Waals surface area contributed by atoms with Crippen molar-refractivity contribution in [1.29, 1.82) is 0 Å². The van der Waals surface area contributed by atoms with Gasteiger partial charge >= 0.3 is 0 Å². The van der Waals surface area contributed by atoms with Crippen LogP contribution in [0.2, 0.25) is 0 Å². The molecule has 1 atom stereocenters. The van der Waals surface area contributed by atoms with Gasteiger partial charge in [0, 0.05) is 18.7 Å². The maximum absolute atomic E-state index is 11.2. The third kappa shape index (κ3) is 4.64. The molecular weight excluding hydrogens is 250 g/mol. The first kappa shape index (κ1) is 15.0. The van der Waals surface area contributed by atoms with Crippen molar-refractivity contribution >= 4 is 5.78 Å². The smallest absolute Gasteiger partial charge is 0.159 e. The fourth-order valence-corrected chi connectivity index (χ4v) is 2.75. The Morgan fingerprint density at radius 1 is 1.35 bits per heavy atom. The number of piperidine rings is 1. The van der Waals surface area contributed by atoms with Crippen molar-refractivity contribution in [3.8, 4) is 5.75 Å². The molecule has 2 rings (SSSR count). The summed E-state index contributed by atoms with van der Waals surface area (Å²) in [5, 5.41) is 0. The van der Waals surface area contributed by atoms with Gasteiger partial charge < -0.3 is 9.64 Å². The molecule has 0 spiro atoms. The minimum atomic E-state index is 0.0933. The van der Waals surface area contributed by atoms with Crippen LogP contribution in [0.1, 0.15) is 43.5 Å². The van der Waals surface area contributed by atoms with E-state index in [2.05, 4.69) is 11.8 Å². The minimum Gasteiger partial charge on any atom is -0.494 e. The van der Waals surface area contributed by atoms with E-state index in [1.165, 1.54) is 25.9 Å². The molecule has 0 aromatic heterocycles. The van der Waals surface area contributed by atoms with Crippen LogP contribution in [-0.4, -0.2) is 36.9 Å². The number of nitrogens with zero attached hydrogens (tertiary/aromatic N) is 1. The van der Waals surface area contributed by atoms with Gasteiger partial charge in [0.2, 0.25) is 0 Å². The summed E-state index contributed by atoms with van der Waals surface area (Å²) in [5.74, 6) is 1.78. The Labute approximate surface area is 121 Å². The maximum Gasteiger partial charge on any atom is 0.159 e. The number of hydrogen-bond donors (Lipinski definition) is 0. The monoisotopic (exact) mass is 275 g/mol. The van der Waals surface area contributed by atoms with E-state index in [9.17, 15) is 4.79 Å². The summed E-state index contributed by atoms with van der Waals surface area (Å²) in [6, 6.07) is 7.40. The third-order valence-corrected chi connectivity index (χ3v) is 3.89. The molecular formula is C17H25NO2. The molecule has 0 bridgehead atoms. The average Bonchev–Trinajstić information content (AvgIpc) is 2.44. The molecule has 0 saturated carbocycles. The number of ether oxygens (including phenoxy) is 1. The number of rotatable bonds is 6. The molecule has 20 heavy (non-hydrogen) atoms. The van der Waals surface area contributed by atoms with Crippen LogP contribution in [0.4, 0.5) is 0 Å². The number of benzene rings is 1. The molecule has 0 radical (unpaired) electrons. The number of hydrogen-bond acceptors (Lipinski definition) is 3. The Morgan fingerprint density at radius 2 is 2.10 bits per heavy atom. The molecule has 1 aromatic rings. The first-order valence-electron chi connectivity index (χ1n) is 7.61. The van der Waals surface area contributed by atoms with Gasteiger partial charge in [0.1, 0.15) is 5.75 Å². The van der Waals surface area contributed by atoms with Crippen molar-refractivity contribution < 1.29 is 9.53 Å². The van der Waals surface area contributed by atoms with Crippen LogP contribution in [-0.2, 0) is 0 Å². The van der Waals surface area contributed by atoms with Crippen LogP contribution >= 0.6 is 0 Å². The van der Waals surface area contributed by atoms with Crippen molar-refractivity contribution in [3.63, 3.8) is 0 Å². The molecule has 1 aliphatic heterocycles. The van der Waals surface area contributed by atoms with Crippen molar-refractivity contribution in [3.05, 3.63) is 29.8 Å². The van der Waals surface area contributed by atoms with Crippen LogP contribution in [0.25, 0.3) is 0 Å². The summed E-state index contributed by atoms with van der Waals surface area (Å²) in [6.07, 6.45) is 3.76. The topological polar surface area (TPSA) is 29.5 Å². The van der Waals surface area contributed by atoms with Gasteiger partial charge in [-0.05, 0) is 62.9 Å². The summed E-state index contributed by atoms with van der Waals surface area (Å²) in [6.45, 7) is 8.24. The number of likely N-dealkylation sites (tertiary alicyclic amines) is 1. The van der Waals surface area contributed by atoms with E-state index < -0.39 is 0 Å². The Bertz CT molecular complexity index is 427. The van der Waals surface area contributed by atoms with Gasteiger partial charge in [-0.2, -0.15) is 0 Å². The molecule has 1 fully saturated rings. The van der Waals surface area contributed by atoms with Crippen molar-refractivity contribution in [2.45, 2.75) is 33.1 Å². The van der Waals surface area contributed by atoms with Crippen LogP contribution in [0.15, 0.2) is 24.3 Å². The fourth-order valence-electron chi connectivity index (χ4n) is 2.75. The predicted octanol–water partition coefficient (Wildman–Crippen LogP) is 3.39. The van der Waals surface area contributed by atoms with Gasteiger partial charge in [0.25, 0.3) is 0 Å². The lowest BCUT2D eigenvalue weighted by molar-refractivity contribution is 0.101. The van der Waals surface area contributed by atoms with E-state index in [4.69, 9.17) is 4.74 Å². The quantitative estimate of drug-likeness (QED) is 0.589. The molecule has 0 N–H and O–H groups in total. The van der Waals surface area contributed by atoms with E-state index in [0.717, 1.165) is 36.8 Å². The Hall–Kier alpha value is -1.35. The largest absolute Gasteiger partial charge is 0.494 e. The number of carbonyl (C=O) groups is 1. The first-order chi connectivity index (χ1) is 9.65. The minimum absolute atomic E-state index is 0.0933. The van der Waals surface area contributed by atoms with Crippen LogP contribution in [0, 0.1) is 5.92 Å². The van der Waals surface area contributed by atoms with Gasteiger partial charge in [-0.15, -0.1) is 0 Å². The van der Waals surface area contributed by atoms with Crippen LogP contribution in [0.5, 0.6) is 5.75 Å². The Morgan fingerprint density at radius 3 is 2.75 bits per heavy atom. The van der Waals surface area contributed by atoms with Gasteiger partial charge in [0.15, 0.2) is 5.78 Å². The summed E-state index contributed by atoms with van der Waals surface area (Å²) < 4.78 is 5.72. The zero-order valence-corrected chi connectivity index (χ0v) is 12.6.